The summed E-state index contributed by atoms with van der Waals surface area (Å²) < 4.78 is 0. The van der Waals surface area contributed by atoms with E-state index in [1.807, 2.05) is 19.1 Å². The molecule has 0 saturated carbocycles. The number of amides is 2. The maximum atomic E-state index is 11.9. The van der Waals surface area contributed by atoms with Crippen LogP contribution in [0.15, 0.2) is 34.6 Å². The highest BCUT2D eigenvalue weighted by Gasteiger charge is 2.08. The Morgan fingerprint density at radius 2 is 1.90 bits per heavy atom. The number of carbonyl (C=O) groups excluding carboxylic acids is 2. The Hall–Kier alpha value is -2.94. The van der Waals surface area contributed by atoms with Crippen LogP contribution in [0.5, 0.6) is 0 Å². The molecule has 0 saturated heterocycles. The van der Waals surface area contributed by atoms with Crippen molar-refractivity contribution < 1.29 is 9.59 Å². The number of nitrogens with zero attached hydrogens (tertiary/aromatic N) is 2. The van der Waals surface area contributed by atoms with Gasteiger partial charge >= 0.3 is 0 Å². The zero-order chi connectivity index (χ0) is 21.2. The number of rotatable bonds is 9. The molecule has 1 aromatic carbocycles. The van der Waals surface area contributed by atoms with E-state index >= 15 is 0 Å². The molecule has 2 rings (SSSR count). The number of primary amides is 1. The van der Waals surface area contributed by atoms with Crippen LogP contribution in [0, 0.1) is 0 Å². The van der Waals surface area contributed by atoms with Gasteiger partial charge in [-0.2, -0.15) is 0 Å². The first-order valence-electron chi connectivity index (χ1n) is 9.51. The van der Waals surface area contributed by atoms with Gasteiger partial charge in [0.1, 0.15) is 5.01 Å². The third-order valence-corrected chi connectivity index (χ3v) is 4.84. The van der Waals surface area contributed by atoms with Crippen LogP contribution in [0.3, 0.4) is 0 Å². The molecule has 9 heteroatoms. The third-order valence-electron chi connectivity index (χ3n) is 3.97. The van der Waals surface area contributed by atoms with Gasteiger partial charge in [0.05, 0.1) is 25.3 Å². The van der Waals surface area contributed by atoms with E-state index in [0.717, 1.165) is 22.8 Å². The van der Waals surface area contributed by atoms with Crippen LogP contribution < -0.4 is 21.7 Å². The number of benzene rings is 1. The molecule has 0 aliphatic heterocycles. The number of hydrogen-bond donors (Lipinski definition) is 4. The summed E-state index contributed by atoms with van der Waals surface area (Å²) in [6.45, 7) is 7.92. The molecule has 29 heavy (non-hydrogen) atoms. The third kappa shape index (κ3) is 7.53. The predicted octanol–water partition coefficient (Wildman–Crippen LogP) is 1.74. The Morgan fingerprint density at radius 3 is 2.48 bits per heavy atom. The number of nitrogens with one attached hydrogen (secondary N) is 3. The van der Waals surface area contributed by atoms with Gasteiger partial charge in [-0.1, -0.05) is 26.0 Å². The van der Waals surface area contributed by atoms with Crippen LogP contribution in [0.25, 0.3) is 0 Å². The van der Waals surface area contributed by atoms with Gasteiger partial charge in [-0.25, -0.2) is 9.98 Å². The summed E-state index contributed by atoms with van der Waals surface area (Å²) in [5.74, 6) is 0.212. The van der Waals surface area contributed by atoms with Crippen LogP contribution in [0.1, 0.15) is 53.3 Å². The van der Waals surface area contributed by atoms with E-state index < -0.39 is 5.91 Å². The minimum atomic E-state index is -0.578. The molecule has 2 amide bonds. The summed E-state index contributed by atoms with van der Waals surface area (Å²) in [6, 6.07) is 7.07. The minimum absolute atomic E-state index is 0.180. The number of nitrogens with two attached hydrogens (primary N) is 1. The summed E-state index contributed by atoms with van der Waals surface area (Å²) in [7, 11) is 0. The van der Waals surface area contributed by atoms with Crippen molar-refractivity contribution in [3.63, 3.8) is 0 Å². The summed E-state index contributed by atoms with van der Waals surface area (Å²) in [6.07, 6.45) is 0. The molecule has 2 aromatic rings. The van der Waals surface area contributed by atoms with Gasteiger partial charge in [0, 0.05) is 17.5 Å². The summed E-state index contributed by atoms with van der Waals surface area (Å²) >= 11 is 1.64. The first-order chi connectivity index (χ1) is 13.9. The second-order valence-electron chi connectivity index (χ2n) is 6.72. The molecular formula is C20H28N6O2S. The van der Waals surface area contributed by atoms with Gasteiger partial charge in [0.15, 0.2) is 5.96 Å². The fourth-order valence-corrected chi connectivity index (χ4v) is 3.27. The highest BCUT2D eigenvalue weighted by Crippen LogP contribution is 2.17. The molecular weight excluding hydrogens is 388 g/mol. The first-order valence-corrected chi connectivity index (χ1v) is 10.4. The Bertz CT molecular complexity index is 845. The van der Waals surface area contributed by atoms with E-state index in [9.17, 15) is 9.59 Å². The molecule has 156 valence electrons. The molecule has 8 nitrogen and oxygen atoms in total. The second-order valence-corrected chi connectivity index (χ2v) is 7.66. The van der Waals surface area contributed by atoms with Crippen molar-refractivity contribution in [2.45, 2.75) is 39.8 Å². The molecule has 0 unspecified atom stereocenters. The lowest BCUT2D eigenvalue weighted by molar-refractivity contribution is -0.117. The number of aromatic nitrogens is 1. The number of thiazole rings is 1. The quantitative estimate of drug-likeness (QED) is 0.366. The maximum absolute atomic E-state index is 11.9. The van der Waals surface area contributed by atoms with E-state index in [1.54, 1.807) is 23.5 Å². The minimum Gasteiger partial charge on any atom is -0.368 e. The Morgan fingerprint density at radius 1 is 1.17 bits per heavy atom. The summed E-state index contributed by atoms with van der Waals surface area (Å²) in [5.41, 5.74) is 7.56. The zero-order valence-corrected chi connectivity index (χ0v) is 17.8. The van der Waals surface area contributed by atoms with Gasteiger partial charge < -0.3 is 21.7 Å². The Balaban J connectivity index is 1.93. The fraction of sp³-hybridized carbons (Fsp3) is 0.400. The molecule has 0 atom stereocenters. The van der Waals surface area contributed by atoms with Crippen molar-refractivity contribution >= 4 is 29.1 Å². The van der Waals surface area contributed by atoms with E-state index in [-0.39, 0.29) is 12.5 Å². The van der Waals surface area contributed by atoms with Crippen molar-refractivity contribution in [2.24, 2.45) is 10.7 Å². The Labute approximate surface area is 175 Å². The van der Waals surface area contributed by atoms with Crippen molar-refractivity contribution in [1.29, 1.82) is 0 Å². The van der Waals surface area contributed by atoms with E-state index in [4.69, 9.17) is 5.73 Å². The zero-order valence-electron chi connectivity index (χ0n) is 17.0. The normalized spacial score (nSPS) is 11.4. The van der Waals surface area contributed by atoms with Crippen molar-refractivity contribution in [1.82, 2.24) is 20.9 Å². The lowest BCUT2D eigenvalue weighted by Gasteiger charge is -2.10. The van der Waals surface area contributed by atoms with Crippen molar-refractivity contribution in [3.05, 3.63) is 51.5 Å². The monoisotopic (exact) mass is 416 g/mol. The van der Waals surface area contributed by atoms with Crippen molar-refractivity contribution in [2.75, 3.05) is 13.1 Å². The molecule has 5 N–H and O–H groups in total. The molecule has 1 heterocycles. The summed E-state index contributed by atoms with van der Waals surface area (Å²) in [4.78, 5) is 31.9. The van der Waals surface area contributed by atoms with Gasteiger partial charge in [-0.15, -0.1) is 11.3 Å². The van der Waals surface area contributed by atoms with Crippen LogP contribution in [-0.4, -0.2) is 35.8 Å². The topological polar surface area (TPSA) is 122 Å². The lowest BCUT2D eigenvalue weighted by Crippen LogP contribution is -2.36. The van der Waals surface area contributed by atoms with Gasteiger partial charge in [-0.05, 0) is 30.5 Å². The highest BCUT2D eigenvalue weighted by molar-refractivity contribution is 7.09. The largest absolute Gasteiger partial charge is 0.368 e. The second kappa shape index (κ2) is 11.2. The standard InChI is InChI=1S/C20H28N6O2S/c1-4-22-20(25-11-18-26-16(12-29-18)13(2)3)24-9-14-5-7-15(8-6-14)19(28)23-10-17(21)27/h5-8,12-13H,4,9-11H2,1-3H3,(H2,21,27)(H,23,28)(H2,22,24,25). The Kier molecular flexibility index (Phi) is 8.60. The average Bonchev–Trinajstić information content (AvgIpc) is 3.18. The van der Waals surface area contributed by atoms with Crippen LogP contribution in [0.4, 0.5) is 0 Å². The van der Waals surface area contributed by atoms with Crippen molar-refractivity contribution in [3.8, 4) is 0 Å². The van der Waals surface area contributed by atoms with E-state index in [0.29, 0.717) is 30.5 Å². The molecule has 0 bridgehead atoms. The van der Waals surface area contributed by atoms with Crippen LogP contribution >= 0.6 is 11.3 Å². The number of carbonyl (C=O) groups is 2. The molecule has 0 aliphatic carbocycles. The van der Waals surface area contributed by atoms with Gasteiger partial charge in [0.25, 0.3) is 5.91 Å². The molecule has 0 radical (unpaired) electrons. The average molecular weight is 417 g/mol. The van der Waals surface area contributed by atoms with E-state index in [2.05, 4.69) is 45.2 Å². The maximum Gasteiger partial charge on any atom is 0.251 e. The number of aliphatic imine (C=N–C) groups is 1. The van der Waals surface area contributed by atoms with E-state index in [1.165, 1.54) is 0 Å². The van der Waals surface area contributed by atoms with Gasteiger partial charge in [-0.3, -0.25) is 9.59 Å². The van der Waals surface area contributed by atoms with Gasteiger partial charge in [0.2, 0.25) is 5.91 Å². The smallest absolute Gasteiger partial charge is 0.251 e. The van der Waals surface area contributed by atoms with Crippen LogP contribution in [0.2, 0.25) is 0 Å². The molecule has 0 fully saturated rings. The number of guanidine groups is 1. The highest BCUT2D eigenvalue weighted by atomic mass is 32.1. The molecule has 0 aliphatic rings. The predicted molar refractivity (Wildman–Crippen MR) is 116 cm³/mol. The molecule has 1 aromatic heterocycles. The molecule has 0 spiro atoms. The SMILES string of the molecule is CCNC(=NCc1ccc(C(=O)NCC(N)=O)cc1)NCc1nc(C(C)C)cs1. The number of hydrogen-bond acceptors (Lipinski definition) is 5. The van der Waals surface area contributed by atoms with Crippen LogP contribution in [-0.2, 0) is 17.9 Å². The first kappa shape index (κ1) is 22.4. The summed E-state index contributed by atoms with van der Waals surface area (Å²) in [5, 5.41) is 12.1. The fourth-order valence-electron chi connectivity index (χ4n) is 2.37. The lowest BCUT2D eigenvalue weighted by atomic mass is 10.1.